The molecule has 0 saturated heterocycles. The molecule has 2 N–H and O–H groups in total. The Labute approximate surface area is 150 Å². The first-order valence-electron chi connectivity index (χ1n) is 8.68. The molecule has 5 nitrogen and oxygen atoms in total. The molecule has 0 atom stereocenters. The van der Waals surface area contributed by atoms with E-state index in [1.165, 1.54) is 24.6 Å². The number of halogens is 3. The number of carbonyl (C=O) groups excluding carboxylic acids is 2. The van der Waals surface area contributed by atoms with Crippen LogP contribution in [0.2, 0.25) is 0 Å². The topological polar surface area (TPSA) is 67.4 Å². The molecule has 2 rings (SSSR count). The zero-order valence-corrected chi connectivity index (χ0v) is 14.4. The van der Waals surface area contributed by atoms with E-state index >= 15 is 0 Å². The summed E-state index contributed by atoms with van der Waals surface area (Å²) in [5, 5.41) is 5.01. The number of hydrogen-bond donors (Lipinski definition) is 2. The van der Waals surface area contributed by atoms with Gasteiger partial charge in [0.1, 0.15) is 5.75 Å². The number of hydrogen-bond acceptors (Lipinski definition) is 3. The highest BCUT2D eigenvalue weighted by Gasteiger charge is 2.29. The molecule has 0 radical (unpaired) electrons. The number of nitrogens with one attached hydrogen (secondary N) is 2. The van der Waals surface area contributed by atoms with Crippen LogP contribution >= 0.6 is 0 Å². The Morgan fingerprint density at radius 1 is 1.08 bits per heavy atom. The van der Waals surface area contributed by atoms with Gasteiger partial charge in [-0.25, -0.2) is 0 Å². The van der Waals surface area contributed by atoms with E-state index in [1.54, 1.807) is 6.07 Å². The molecule has 8 heteroatoms. The van der Waals surface area contributed by atoms with Crippen LogP contribution < -0.4 is 15.4 Å². The van der Waals surface area contributed by atoms with Gasteiger partial charge < -0.3 is 15.4 Å². The van der Waals surface area contributed by atoms with Gasteiger partial charge in [-0.1, -0.05) is 31.4 Å². The van der Waals surface area contributed by atoms with Gasteiger partial charge >= 0.3 is 6.18 Å². The molecular formula is C18H23F3N2O3. The van der Waals surface area contributed by atoms with Crippen molar-refractivity contribution >= 4 is 17.5 Å². The third kappa shape index (κ3) is 7.33. The van der Waals surface area contributed by atoms with Crippen LogP contribution in [0.5, 0.6) is 5.75 Å². The predicted octanol–water partition coefficient (Wildman–Crippen LogP) is 3.65. The molecule has 26 heavy (non-hydrogen) atoms. The minimum atomic E-state index is -4.47. The average Bonchev–Trinajstić information content (AvgIpc) is 2.59. The Morgan fingerprint density at radius 2 is 1.77 bits per heavy atom. The van der Waals surface area contributed by atoms with Gasteiger partial charge in [0.25, 0.3) is 0 Å². The van der Waals surface area contributed by atoms with E-state index in [0.717, 1.165) is 25.7 Å². The molecule has 0 spiro atoms. The van der Waals surface area contributed by atoms with Crippen LogP contribution in [0.1, 0.15) is 38.5 Å². The van der Waals surface area contributed by atoms with Gasteiger partial charge in [-0.05, 0) is 30.9 Å². The SMILES string of the molecule is O=C(CC1CCCCC1)NCC(=O)Nc1ccccc1OCC(F)(F)F. The number of rotatable bonds is 7. The number of ether oxygens (including phenoxy) is 1. The molecule has 1 aromatic carbocycles. The molecule has 1 aliphatic rings. The van der Waals surface area contributed by atoms with Crippen molar-refractivity contribution in [3.05, 3.63) is 24.3 Å². The van der Waals surface area contributed by atoms with Gasteiger partial charge in [0.2, 0.25) is 11.8 Å². The Hall–Kier alpha value is -2.25. The molecule has 1 saturated carbocycles. The minimum Gasteiger partial charge on any atom is -0.482 e. The summed E-state index contributed by atoms with van der Waals surface area (Å²) >= 11 is 0. The van der Waals surface area contributed by atoms with Gasteiger partial charge in [-0.15, -0.1) is 0 Å². The average molecular weight is 372 g/mol. The van der Waals surface area contributed by atoms with Crippen molar-refractivity contribution < 1.29 is 27.5 Å². The summed E-state index contributed by atoms with van der Waals surface area (Å²) in [6.45, 7) is -1.68. The Morgan fingerprint density at radius 3 is 2.46 bits per heavy atom. The maximum Gasteiger partial charge on any atom is 0.422 e. The Kier molecular flexibility index (Phi) is 7.29. The quantitative estimate of drug-likeness (QED) is 0.768. The van der Waals surface area contributed by atoms with Crippen LogP contribution in [0.25, 0.3) is 0 Å². The highest BCUT2D eigenvalue weighted by molar-refractivity contribution is 5.95. The maximum absolute atomic E-state index is 12.3. The molecule has 1 aliphatic carbocycles. The lowest BCUT2D eigenvalue weighted by Crippen LogP contribution is -2.34. The predicted molar refractivity (Wildman–Crippen MR) is 90.8 cm³/mol. The molecule has 1 aromatic rings. The minimum absolute atomic E-state index is 0.0771. The van der Waals surface area contributed by atoms with Crippen LogP contribution in [-0.2, 0) is 9.59 Å². The number of para-hydroxylation sites is 2. The Bertz CT molecular complexity index is 614. The number of benzene rings is 1. The van der Waals surface area contributed by atoms with Crippen LogP contribution in [0.3, 0.4) is 0 Å². The fraction of sp³-hybridized carbons (Fsp3) is 0.556. The maximum atomic E-state index is 12.3. The van der Waals surface area contributed by atoms with Crippen molar-refractivity contribution in [2.45, 2.75) is 44.7 Å². The first kappa shape index (κ1) is 20.1. The summed E-state index contributed by atoms with van der Waals surface area (Å²) in [6, 6.07) is 5.85. The number of amides is 2. The Balaban J connectivity index is 1.79. The lowest BCUT2D eigenvalue weighted by molar-refractivity contribution is -0.153. The smallest absolute Gasteiger partial charge is 0.422 e. The van der Waals surface area contributed by atoms with Crippen molar-refractivity contribution in [2.75, 3.05) is 18.5 Å². The second kappa shape index (κ2) is 9.45. The first-order chi connectivity index (χ1) is 12.3. The second-order valence-electron chi connectivity index (χ2n) is 6.43. The highest BCUT2D eigenvalue weighted by Crippen LogP contribution is 2.27. The van der Waals surface area contributed by atoms with E-state index in [0.29, 0.717) is 12.3 Å². The third-order valence-corrected chi connectivity index (χ3v) is 4.20. The first-order valence-corrected chi connectivity index (χ1v) is 8.68. The van der Waals surface area contributed by atoms with E-state index in [1.807, 2.05) is 0 Å². The summed E-state index contributed by atoms with van der Waals surface area (Å²) in [5.41, 5.74) is 0.128. The number of anilines is 1. The molecule has 0 aromatic heterocycles. The van der Waals surface area contributed by atoms with Crippen LogP contribution in [0, 0.1) is 5.92 Å². The van der Waals surface area contributed by atoms with Gasteiger partial charge in [0, 0.05) is 6.42 Å². The summed E-state index contributed by atoms with van der Waals surface area (Å²) in [7, 11) is 0. The van der Waals surface area contributed by atoms with Crippen molar-refractivity contribution in [1.82, 2.24) is 5.32 Å². The third-order valence-electron chi connectivity index (χ3n) is 4.20. The van der Waals surface area contributed by atoms with Crippen LogP contribution in [0.4, 0.5) is 18.9 Å². The summed E-state index contributed by atoms with van der Waals surface area (Å²) in [4.78, 5) is 23.9. The fourth-order valence-electron chi connectivity index (χ4n) is 2.95. The molecule has 144 valence electrons. The van der Waals surface area contributed by atoms with E-state index in [9.17, 15) is 22.8 Å². The molecule has 0 bridgehead atoms. The normalized spacial score (nSPS) is 15.3. The van der Waals surface area contributed by atoms with Gasteiger partial charge in [0.15, 0.2) is 6.61 Å². The van der Waals surface area contributed by atoms with E-state index in [4.69, 9.17) is 4.74 Å². The summed E-state index contributed by atoms with van der Waals surface area (Å²) < 4.78 is 41.5. The van der Waals surface area contributed by atoms with Gasteiger partial charge in [-0.2, -0.15) is 13.2 Å². The largest absolute Gasteiger partial charge is 0.482 e. The van der Waals surface area contributed by atoms with Crippen molar-refractivity contribution in [2.24, 2.45) is 5.92 Å². The summed E-state index contributed by atoms with van der Waals surface area (Å²) in [6.07, 6.45) is 1.46. The van der Waals surface area contributed by atoms with Gasteiger partial charge in [0.05, 0.1) is 12.2 Å². The van der Waals surface area contributed by atoms with Gasteiger partial charge in [-0.3, -0.25) is 9.59 Å². The highest BCUT2D eigenvalue weighted by atomic mass is 19.4. The zero-order valence-electron chi connectivity index (χ0n) is 14.4. The second-order valence-corrected chi connectivity index (χ2v) is 6.43. The zero-order chi connectivity index (χ0) is 19.0. The lowest BCUT2D eigenvalue weighted by Gasteiger charge is -2.20. The van der Waals surface area contributed by atoms with Crippen LogP contribution in [-0.4, -0.2) is 31.1 Å². The van der Waals surface area contributed by atoms with Crippen molar-refractivity contribution in [3.8, 4) is 5.75 Å². The van der Waals surface area contributed by atoms with Crippen molar-refractivity contribution in [3.63, 3.8) is 0 Å². The van der Waals surface area contributed by atoms with E-state index in [2.05, 4.69) is 10.6 Å². The van der Waals surface area contributed by atoms with E-state index in [-0.39, 0.29) is 23.9 Å². The molecule has 1 fully saturated rings. The van der Waals surface area contributed by atoms with Crippen molar-refractivity contribution in [1.29, 1.82) is 0 Å². The number of carbonyl (C=O) groups is 2. The standard InChI is InChI=1S/C18H23F3N2O3/c19-18(20,21)12-26-15-9-5-4-8-14(15)23-17(25)11-22-16(24)10-13-6-2-1-3-7-13/h4-5,8-9,13H,1-3,6-7,10-12H2,(H,22,24)(H,23,25). The fourth-order valence-corrected chi connectivity index (χ4v) is 2.95. The molecule has 2 amide bonds. The van der Waals surface area contributed by atoms with Crippen LogP contribution in [0.15, 0.2) is 24.3 Å². The number of alkyl halides is 3. The molecule has 0 heterocycles. The molecular weight excluding hydrogens is 349 g/mol. The molecule has 0 unspecified atom stereocenters. The monoisotopic (exact) mass is 372 g/mol. The van der Waals surface area contributed by atoms with E-state index < -0.39 is 18.7 Å². The summed E-state index contributed by atoms with van der Waals surface area (Å²) in [5.74, 6) is -0.422. The lowest BCUT2D eigenvalue weighted by atomic mass is 9.87. The molecule has 0 aliphatic heterocycles.